The Kier molecular flexibility index (Phi) is 8.94. The van der Waals surface area contributed by atoms with Crippen LogP contribution in [0.2, 0.25) is 0 Å². The molecule has 0 saturated heterocycles. The number of halogens is 1. The van der Waals surface area contributed by atoms with Gasteiger partial charge in [0, 0.05) is 5.56 Å². The average Bonchev–Trinajstić information content (AvgIpc) is 3.30. The molecule has 216 valence electrons. The van der Waals surface area contributed by atoms with E-state index in [1.807, 2.05) is 48.5 Å². The first kappa shape index (κ1) is 29.3. The lowest BCUT2D eigenvalue weighted by molar-refractivity contribution is -0.139. The molecule has 5 rings (SSSR count). The Bertz CT molecular complexity index is 1840. The largest absolute Gasteiger partial charge is 0.497 e. The minimum atomic E-state index is -0.826. The molecule has 4 aromatic rings. The van der Waals surface area contributed by atoms with Crippen molar-refractivity contribution in [3.63, 3.8) is 0 Å². The molecule has 1 atom stereocenters. The maximum atomic E-state index is 14.0. The van der Waals surface area contributed by atoms with Crippen LogP contribution in [0.1, 0.15) is 36.6 Å². The third-order valence-electron chi connectivity index (χ3n) is 6.74. The second kappa shape index (κ2) is 12.8. The first-order chi connectivity index (χ1) is 20.3. The first-order valence-electron chi connectivity index (χ1n) is 13.2. The zero-order valence-electron chi connectivity index (χ0n) is 23.5. The lowest BCUT2D eigenvalue weighted by Gasteiger charge is -2.26. The number of thiazole rings is 1. The standard InChI is InChI=1S/C32H29BrN2O6S/c1-5-40-31(37)28-19(2)34-32-35(29(28)23-17-22(38-3)12-14-25(23)39-4)30(36)27(42-32)16-21-11-13-26(24(33)15-21)41-18-20-9-7-6-8-10-20/h6-17,29H,5,18H2,1-4H3/b27-16-/t29-/m0/s1. The number of aromatic nitrogens is 1. The van der Waals surface area contributed by atoms with Crippen molar-refractivity contribution >= 4 is 39.3 Å². The number of hydrogen-bond acceptors (Lipinski definition) is 8. The van der Waals surface area contributed by atoms with Gasteiger partial charge in [-0.25, -0.2) is 9.79 Å². The zero-order valence-corrected chi connectivity index (χ0v) is 26.0. The average molecular weight is 650 g/mol. The molecule has 0 amide bonds. The fourth-order valence-electron chi connectivity index (χ4n) is 4.75. The molecule has 0 saturated carbocycles. The Labute approximate surface area is 255 Å². The second-order valence-corrected chi connectivity index (χ2v) is 11.2. The van der Waals surface area contributed by atoms with Crippen LogP contribution in [-0.4, -0.2) is 31.4 Å². The lowest BCUT2D eigenvalue weighted by Crippen LogP contribution is -2.40. The molecule has 1 aromatic heterocycles. The number of esters is 1. The van der Waals surface area contributed by atoms with E-state index >= 15 is 0 Å². The predicted octanol–water partition coefficient (Wildman–Crippen LogP) is 5.16. The molecule has 3 aromatic carbocycles. The van der Waals surface area contributed by atoms with E-state index < -0.39 is 12.0 Å². The van der Waals surface area contributed by atoms with Crippen molar-refractivity contribution in [3.05, 3.63) is 119 Å². The van der Waals surface area contributed by atoms with Crippen LogP contribution in [-0.2, 0) is 16.1 Å². The number of allylic oxidation sites excluding steroid dienone is 1. The van der Waals surface area contributed by atoms with Gasteiger partial charge in [-0.1, -0.05) is 47.7 Å². The summed E-state index contributed by atoms with van der Waals surface area (Å²) >= 11 is 4.85. The topological polar surface area (TPSA) is 88.4 Å². The van der Waals surface area contributed by atoms with Crippen molar-refractivity contribution < 1.29 is 23.7 Å². The van der Waals surface area contributed by atoms with Crippen molar-refractivity contribution in [2.75, 3.05) is 20.8 Å². The van der Waals surface area contributed by atoms with Gasteiger partial charge in [-0.15, -0.1) is 0 Å². The van der Waals surface area contributed by atoms with Crippen LogP contribution in [0.4, 0.5) is 0 Å². The molecule has 0 N–H and O–H groups in total. The third-order valence-corrected chi connectivity index (χ3v) is 8.34. The van der Waals surface area contributed by atoms with Crippen molar-refractivity contribution in [2.24, 2.45) is 4.99 Å². The summed E-state index contributed by atoms with van der Waals surface area (Å²) in [6, 6.07) is 20.0. The van der Waals surface area contributed by atoms with E-state index in [2.05, 4.69) is 20.9 Å². The van der Waals surface area contributed by atoms with E-state index in [0.717, 1.165) is 15.6 Å². The molecule has 1 aliphatic rings. The summed E-state index contributed by atoms with van der Waals surface area (Å²) in [5.41, 5.74) is 2.90. The molecular formula is C32H29BrN2O6S. The van der Waals surface area contributed by atoms with Crippen LogP contribution in [0.5, 0.6) is 17.2 Å². The van der Waals surface area contributed by atoms with Gasteiger partial charge in [-0.2, -0.15) is 0 Å². The van der Waals surface area contributed by atoms with Crippen LogP contribution in [0.25, 0.3) is 6.08 Å². The van der Waals surface area contributed by atoms with Gasteiger partial charge in [-0.3, -0.25) is 9.36 Å². The van der Waals surface area contributed by atoms with Gasteiger partial charge in [0.05, 0.1) is 41.1 Å². The monoisotopic (exact) mass is 648 g/mol. The minimum Gasteiger partial charge on any atom is -0.497 e. The highest BCUT2D eigenvalue weighted by atomic mass is 79.9. The summed E-state index contributed by atoms with van der Waals surface area (Å²) < 4.78 is 25.2. The van der Waals surface area contributed by atoms with Crippen LogP contribution < -0.4 is 29.1 Å². The molecule has 0 radical (unpaired) electrons. The Morgan fingerprint density at radius 3 is 2.50 bits per heavy atom. The highest BCUT2D eigenvalue weighted by molar-refractivity contribution is 9.10. The number of carbonyl (C=O) groups is 1. The molecule has 8 nitrogen and oxygen atoms in total. The molecule has 2 heterocycles. The van der Waals surface area contributed by atoms with E-state index in [4.69, 9.17) is 18.9 Å². The van der Waals surface area contributed by atoms with Crippen molar-refractivity contribution in [1.82, 2.24) is 4.57 Å². The lowest BCUT2D eigenvalue weighted by atomic mass is 9.94. The number of hydrogen-bond donors (Lipinski definition) is 0. The molecule has 0 bridgehead atoms. The molecule has 0 unspecified atom stereocenters. The summed E-state index contributed by atoms with van der Waals surface area (Å²) in [6.07, 6.45) is 1.80. The van der Waals surface area contributed by atoms with Gasteiger partial charge < -0.3 is 18.9 Å². The SMILES string of the molecule is CCOC(=O)C1=C(C)N=c2s/c(=C\c3ccc(OCc4ccccc4)c(Br)c3)c(=O)n2[C@H]1c1cc(OC)ccc1OC. The Morgan fingerprint density at radius 2 is 1.81 bits per heavy atom. The summed E-state index contributed by atoms with van der Waals surface area (Å²) in [4.78, 5) is 32.3. The van der Waals surface area contributed by atoms with Gasteiger partial charge in [0.25, 0.3) is 5.56 Å². The maximum Gasteiger partial charge on any atom is 0.338 e. The summed E-state index contributed by atoms with van der Waals surface area (Å²) in [6.45, 7) is 4.10. The second-order valence-electron chi connectivity index (χ2n) is 9.37. The number of rotatable bonds is 9. The van der Waals surface area contributed by atoms with Crippen LogP contribution >= 0.6 is 27.3 Å². The number of ether oxygens (including phenoxy) is 4. The molecule has 0 fully saturated rings. The Balaban J connectivity index is 1.59. The summed E-state index contributed by atoms with van der Waals surface area (Å²) in [7, 11) is 3.10. The summed E-state index contributed by atoms with van der Waals surface area (Å²) in [5.74, 6) is 1.21. The fourth-order valence-corrected chi connectivity index (χ4v) is 6.31. The smallest absolute Gasteiger partial charge is 0.338 e. The minimum absolute atomic E-state index is 0.182. The molecule has 10 heteroatoms. The number of nitrogens with zero attached hydrogens (tertiary/aromatic N) is 2. The van der Waals surface area contributed by atoms with Crippen molar-refractivity contribution in [3.8, 4) is 17.2 Å². The van der Waals surface area contributed by atoms with Crippen LogP contribution in [0.3, 0.4) is 0 Å². The van der Waals surface area contributed by atoms with Crippen LogP contribution in [0, 0.1) is 0 Å². The zero-order chi connectivity index (χ0) is 29.8. The normalized spacial score (nSPS) is 14.7. The van der Waals surface area contributed by atoms with E-state index in [1.165, 1.54) is 15.9 Å². The number of benzene rings is 3. The number of fused-ring (bicyclic) bond motifs is 1. The highest BCUT2D eigenvalue weighted by Crippen LogP contribution is 2.38. The highest BCUT2D eigenvalue weighted by Gasteiger charge is 2.35. The van der Waals surface area contributed by atoms with Crippen LogP contribution in [0.15, 0.2) is 92.3 Å². The molecule has 0 aliphatic carbocycles. The molecule has 1 aliphatic heterocycles. The fraction of sp³-hybridized carbons (Fsp3) is 0.219. The van der Waals surface area contributed by atoms with Gasteiger partial charge in [0.1, 0.15) is 29.9 Å². The Hall–Kier alpha value is -4.15. The maximum absolute atomic E-state index is 14.0. The molecule has 0 spiro atoms. The van der Waals surface area contributed by atoms with E-state index in [-0.39, 0.29) is 17.7 Å². The number of methoxy groups -OCH3 is 2. The van der Waals surface area contributed by atoms with Crippen molar-refractivity contribution in [2.45, 2.75) is 26.5 Å². The van der Waals surface area contributed by atoms with E-state index in [0.29, 0.717) is 44.4 Å². The Morgan fingerprint density at radius 1 is 1.05 bits per heavy atom. The third kappa shape index (κ3) is 5.91. The predicted molar refractivity (Wildman–Crippen MR) is 165 cm³/mol. The van der Waals surface area contributed by atoms with Gasteiger partial charge >= 0.3 is 5.97 Å². The van der Waals surface area contributed by atoms with Crippen molar-refractivity contribution in [1.29, 1.82) is 0 Å². The van der Waals surface area contributed by atoms with Gasteiger partial charge in [-0.05, 0) is 77.3 Å². The molecule has 42 heavy (non-hydrogen) atoms. The van der Waals surface area contributed by atoms with E-state index in [1.54, 1.807) is 52.3 Å². The van der Waals surface area contributed by atoms with E-state index in [9.17, 15) is 9.59 Å². The molecular weight excluding hydrogens is 620 g/mol. The van der Waals surface area contributed by atoms with Gasteiger partial charge in [0.2, 0.25) is 0 Å². The quantitative estimate of drug-likeness (QED) is 0.233. The van der Waals surface area contributed by atoms with Gasteiger partial charge in [0.15, 0.2) is 4.80 Å². The number of carbonyl (C=O) groups excluding carboxylic acids is 1. The first-order valence-corrected chi connectivity index (χ1v) is 14.8. The summed E-state index contributed by atoms with van der Waals surface area (Å²) in [5, 5.41) is 0.